The molecule has 0 aromatic heterocycles. The van der Waals surface area contributed by atoms with Crippen molar-refractivity contribution in [3.63, 3.8) is 0 Å². The highest BCUT2D eigenvalue weighted by molar-refractivity contribution is 6.07. The van der Waals surface area contributed by atoms with Crippen LogP contribution in [0, 0.1) is 10.1 Å². The van der Waals surface area contributed by atoms with E-state index in [9.17, 15) is 24.5 Å². The minimum atomic E-state index is -0.958. The SMILES string of the molecule is CC(C)N1C(=O)NC2(CCN(C(=O)c3cccc([N+](=O)[O-])c3)CC2)C1=O. The number of benzene rings is 1. The van der Waals surface area contributed by atoms with Gasteiger partial charge in [-0.3, -0.25) is 24.6 Å². The topological polar surface area (TPSA) is 113 Å². The van der Waals surface area contributed by atoms with Crippen molar-refractivity contribution in [1.29, 1.82) is 0 Å². The minimum Gasteiger partial charge on any atom is -0.338 e. The van der Waals surface area contributed by atoms with Crippen LogP contribution in [0.5, 0.6) is 0 Å². The van der Waals surface area contributed by atoms with E-state index >= 15 is 0 Å². The van der Waals surface area contributed by atoms with Crippen LogP contribution < -0.4 is 5.32 Å². The molecule has 0 radical (unpaired) electrons. The van der Waals surface area contributed by atoms with Crippen LogP contribution in [-0.4, -0.2) is 57.2 Å². The molecule has 1 aromatic carbocycles. The highest BCUT2D eigenvalue weighted by Gasteiger charge is 2.53. The summed E-state index contributed by atoms with van der Waals surface area (Å²) in [5, 5.41) is 13.7. The van der Waals surface area contributed by atoms with E-state index in [1.165, 1.54) is 29.2 Å². The molecule has 0 unspecified atom stereocenters. The summed E-state index contributed by atoms with van der Waals surface area (Å²) < 4.78 is 0. The van der Waals surface area contributed by atoms with Crippen molar-refractivity contribution in [1.82, 2.24) is 15.1 Å². The van der Waals surface area contributed by atoms with E-state index < -0.39 is 16.5 Å². The first-order chi connectivity index (χ1) is 12.2. The molecule has 2 aliphatic rings. The number of carbonyl (C=O) groups excluding carboxylic acids is 3. The molecule has 2 fully saturated rings. The van der Waals surface area contributed by atoms with Gasteiger partial charge in [-0.25, -0.2) is 4.79 Å². The van der Waals surface area contributed by atoms with Crippen LogP contribution in [0.15, 0.2) is 24.3 Å². The summed E-state index contributed by atoms with van der Waals surface area (Å²) in [7, 11) is 0. The van der Waals surface area contributed by atoms with Crippen LogP contribution in [0.25, 0.3) is 0 Å². The Morgan fingerprint density at radius 3 is 2.46 bits per heavy atom. The molecule has 0 atom stereocenters. The Morgan fingerprint density at radius 1 is 1.27 bits per heavy atom. The van der Waals surface area contributed by atoms with Crippen molar-refractivity contribution in [2.24, 2.45) is 0 Å². The third kappa shape index (κ3) is 2.89. The van der Waals surface area contributed by atoms with Crippen LogP contribution in [0.4, 0.5) is 10.5 Å². The lowest BCUT2D eigenvalue weighted by Gasteiger charge is -2.37. The monoisotopic (exact) mass is 360 g/mol. The first kappa shape index (κ1) is 17.8. The number of piperidine rings is 1. The molecule has 1 N–H and O–H groups in total. The number of imide groups is 1. The van der Waals surface area contributed by atoms with Crippen molar-refractivity contribution in [2.75, 3.05) is 13.1 Å². The first-order valence-corrected chi connectivity index (χ1v) is 8.45. The Kier molecular flexibility index (Phi) is 4.39. The van der Waals surface area contributed by atoms with Crippen LogP contribution in [-0.2, 0) is 4.79 Å². The fourth-order valence-electron chi connectivity index (χ4n) is 3.48. The largest absolute Gasteiger partial charge is 0.338 e. The summed E-state index contributed by atoms with van der Waals surface area (Å²) in [6.45, 7) is 4.13. The number of hydrogen-bond donors (Lipinski definition) is 1. The molecule has 0 bridgehead atoms. The molecule has 2 aliphatic heterocycles. The molecule has 4 amide bonds. The Balaban J connectivity index is 1.72. The van der Waals surface area contributed by atoms with Crippen molar-refractivity contribution >= 4 is 23.5 Å². The normalized spacial score (nSPS) is 19.2. The van der Waals surface area contributed by atoms with Crippen molar-refractivity contribution in [3.8, 4) is 0 Å². The van der Waals surface area contributed by atoms with Gasteiger partial charge in [0.05, 0.1) is 4.92 Å². The van der Waals surface area contributed by atoms with Gasteiger partial charge in [0.25, 0.3) is 17.5 Å². The van der Waals surface area contributed by atoms with E-state index in [1.807, 2.05) is 0 Å². The highest BCUT2D eigenvalue weighted by atomic mass is 16.6. The fraction of sp³-hybridized carbons (Fsp3) is 0.471. The van der Waals surface area contributed by atoms with Gasteiger partial charge >= 0.3 is 6.03 Å². The predicted octanol–water partition coefficient (Wildman–Crippen LogP) is 1.53. The lowest BCUT2D eigenvalue weighted by molar-refractivity contribution is -0.384. The zero-order chi connectivity index (χ0) is 19.1. The summed E-state index contributed by atoms with van der Waals surface area (Å²) in [5.41, 5.74) is -0.864. The molecular weight excluding hydrogens is 340 g/mol. The Morgan fingerprint density at radius 2 is 1.92 bits per heavy atom. The van der Waals surface area contributed by atoms with E-state index in [0.717, 1.165) is 0 Å². The zero-order valence-corrected chi connectivity index (χ0v) is 14.6. The number of nitrogens with zero attached hydrogens (tertiary/aromatic N) is 3. The zero-order valence-electron chi connectivity index (χ0n) is 14.6. The Hall–Kier alpha value is -2.97. The molecule has 1 spiro atoms. The van der Waals surface area contributed by atoms with Crippen LogP contribution >= 0.6 is 0 Å². The maximum atomic E-state index is 12.7. The molecule has 3 rings (SSSR count). The third-order valence-corrected chi connectivity index (χ3v) is 4.92. The number of hydrogen-bond acceptors (Lipinski definition) is 5. The summed E-state index contributed by atoms with van der Waals surface area (Å²) in [5.74, 6) is -0.569. The number of nitrogens with one attached hydrogen (secondary N) is 1. The molecule has 1 aromatic rings. The van der Waals surface area contributed by atoms with Gasteiger partial charge in [0.2, 0.25) is 0 Å². The maximum absolute atomic E-state index is 12.7. The van der Waals surface area contributed by atoms with E-state index in [2.05, 4.69) is 5.32 Å². The molecule has 0 aliphatic carbocycles. The van der Waals surface area contributed by atoms with Crippen molar-refractivity contribution in [3.05, 3.63) is 39.9 Å². The number of carbonyl (C=O) groups is 3. The Labute approximate surface area is 150 Å². The number of likely N-dealkylation sites (tertiary alicyclic amines) is 1. The average Bonchev–Trinajstić information content (AvgIpc) is 2.85. The smallest absolute Gasteiger partial charge is 0.325 e. The van der Waals surface area contributed by atoms with Crippen molar-refractivity contribution < 1.29 is 19.3 Å². The number of amides is 4. The highest BCUT2D eigenvalue weighted by Crippen LogP contribution is 2.31. The van der Waals surface area contributed by atoms with Gasteiger partial charge < -0.3 is 10.2 Å². The first-order valence-electron chi connectivity index (χ1n) is 8.45. The molecule has 0 saturated carbocycles. The van der Waals surface area contributed by atoms with Gasteiger partial charge in [-0.1, -0.05) is 6.07 Å². The molecule has 26 heavy (non-hydrogen) atoms. The number of nitro benzene ring substituents is 1. The van der Waals surface area contributed by atoms with Gasteiger partial charge in [0.15, 0.2) is 0 Å². The van der Waals surface area contributed by atoms with E-state index in [-0.39, 0.29) is 29.1 Å². The number of rotatable bonds is 3. The van der Waals surface area contributed by atoms with E-state index in [4.69, 9.17) is 0 Å². The molecule has 2 saturated heterocycles. The van der Waals surface area contributed by atoms with Crippen molar-refractivity contribution in [2.45, 2.75) is 38.3 Å². The lowest BCUT2D eigenvalue weighted by atomic mass is 9.87. The minimum absolute atomic E-state index is 0.143. The second kappa shape index (κ2) is 6.40. The number of non-ortho nitro benzene ring substituents is 1. The quantitative estimate of drug-likeness (QED) is 0.499. The predicted molar refractivity (Wildman–Crippen MR) is 91.5 cm³/mol. The molecule has 138 valence electrons. The second-order valence-corrected chi connectivity index (χ2v) is 6.88. The molecular formula is C17H20N4O5. The molecule has 2 heterocycles. The standard InChI is InChI=1S/C17H20N4O5/c1-11(2)20-15(23)17(18-16(20)24)6-8-19(9-7-17)14(22)12-4-3-5-13(10-12)21(25)26/h3-5,10-11H,6-9H2,1-2H3,(H,18,24). The van der Waals surface area contributed by atoms with Crippen LogP contribution in [0.3, 0.4) is 0 Å². The lowest BCUT2D eigenvalue weighted by Crippen LogP contribution is -2.56. The van der Waals surface area contributed by atoms with E-state index in [1.54, 1.807) is 18.7 Å². The van der Waals surface area contributed by atoms with Crippen LogP contribution in [0.2, 0.25) is 0 Å². The third-order valence-electron chi connectivity index (χ3n) is 4.92. The van der Waals surface area contributed by atoms with E-state index in [0.29, 0.717) is 25.9 Å². The summed E-state index contributed by atoms with van der Waals surface area (Å²) in [6.07, 6.45) is 0.642. The molecule has 9 nitrogen and oxygen atoms in total. The Bertz CT molecular complexity index is 783. The van der Waals surface area contributed by atoms with Gasteiger partial charge in [0.1, 0.15) is 5.54 Å². The fourth-order valence-corrected chi connectivity index (χ4v) is 3.48. The molecule has 9 heteroatoms. The number of urea groups is 1. The van der Waals surface area contributed by atoms with Gasteiger partial charge in [-0.05, 0) is 32.8 Å². The summed E-state index contributed by atoms with van der Waals surface area (Å²) in [4.78, 5) is 50.5. The maximum Gasteiger partial charge on any atom is 0.325 e. The van der Waals surface area contributed by atoms with Gasteiger partial charge in [0, 0.05) is 36.8 Å². The van der Waals surface area contributed by atoms with Crippen LogP contribution in [0.1, 0.15) is 37.0 Å². The number of nitro groups is 1. The average molecular weight is 360 g/mol. The summed E-state index contributed by atoms with van der Waals surface area (Å²) in [6, 6.07) is 4.95. The summed E-state index contributed by atoms with van der Waals surface area (Å²) >= 11 is 0. The van der Waals surface area contributed by atoms with Gasteiger partial charge in [-0.2, -0.15) is 0 Å². The van der Waals surface area contributed by atoms with Gasteiger partial charge in [-0.15, -0.1) is 0 Å². The second-order valence-electron chi connectivity index (χ2n) is 6.88.